The lowest BCUT2D eigenvalue weighted by molar-refractivity contribution is -0.310. The van der Waals surface area contributed by atoms with E-state index < -0.39 is 6.48 Å². The molecule has 0 atom stereocenters. The minimum Gasteiger partial charge on any atom is -0.463 e. The fourth-order valence-corrected chi connectivity index (χ4v) is 3.10. The van der Waals surface area contributed by atoms with Gasteiger partial charge < -0.3 is 18.9 Å². The van der Waals surface area contributed by atoms with Gasteiger partial charge in [0.1, 0.15) is 6.10 Å². The van der Waals surface area contributed by atoms with Gasteiger partial charge in [0.05, 0.1) is 19.1 Å². The van der Waals surface area contributed by atoms with Gasteiger partial charge in [-0.25, -0.2) is 0 Å². The third-order valence-electron chi connectivity index (χ3n) is 4.45. The van der Waals surface area contributed by atoms with Crippen LogP contribution in [0.5, 0.6) is 0 Å². The summed E-state index contributed by atoms with van der Waals surface area (Å²) in [6.07, 6.45) is 6.06. The highest BCUT2D eigenvalue weighted by molar-refractivity contribution is 5.72. The quantitative estimate of drug-likeness (QED) is 0.698. The first-order chi connectivity index (χ1) is 11.1. The number of unbranched alkanes of at least 4 members (excludes halogenated alkanes) is 1. The Labute approximate surface area is 137 Å². The Balaban J connectivity index is 1.65. The first-order valence-corrected chi connectivity index (χ1v) is 8.69. The Bertz CT molecular complexity index is 381. The van der Waals surface area contributed by atoms with E-state index in [-0.39, 0.29) is 24.0 Å². The van der Waals surface area contributed by atoms with Crippen molar-refractivity contribution in [2.45, 2.75) is 71.4 Å². The van der Waals surface area contributed by atoms with Crippen molar-refractivity contribution in [1.29, 1.82) is 0 Å². The maximum Gasteiger partial charge on any atom is 0.318 e. The molecule has 6 heteroatoms. The van der Waals surface area contributed by atoms with E-state index in [1.54, 1.807) is 0 Å². The zero-order chi connectivity index (χ0) is 16.7. The predicted molar refractivity (Wildman–Crippen MR) is 82.3 cm³/mol. The van der Waals surface area contributed by atoms with E-state index in [0.717, 1.165) is 19.3 Å². The zero-order valence-corrected chi connectivity index (χ0v) is 14.1. The van der Waals surface area contributed by atoms with Crippen LogP contribution in [-0.4, -0.2) is 37.7 Å². The average Bonchev–Trinajstić information content (AvgIpc) is 2.54. The van der Waals surface area contributed by atoms with E-state index in [1.807, 2.05) is 0 Å². The van der Waals surface area contributed by atoms with Crippen LogP contribution in [0.2, 0.25) is 0 Å². The van der Waals surface area contributed by atoms with Crippen LogP contribution >= 0.6 is 0 Å². The third kappa shape index (κ3) is 6.11. The number of rotatable bonds is 6. The van der Waals surface area contributed by atoms with E-state index in [1.165, 1.54) is 6.92 Å². The average molecular weight is 328 g/mol. The Morgan fingerprint density at radius 3 is 2.26 bits per heavy atom. The van der Waals surface area contributed by atoms with Gasteiger partial charge in [0, 0.05) is 12.8 Å². The molecule has 0 unspecified atom stereocenters. The van der Waals surface area contributed by atoms with Crippen LogP contribution in [0.4, 0.5) is 0 Å². The number of carbonyl (C=O) groups is 2. The first kappa shape index (κ1) is 18.2. The molecular formula is C17H28O6. The van der Waals surface area contributed by atoms with Gasteiger partial charge >= 0.3 is 18.4 Å². The molecule has 0 aromatic carbocycles. The van der Waals surface area contributed by atoms with E-state index in [2.05, 4.69) is 6.92 Å². The Morgan fingerprint density at radius 2 is 1.70 bits per heavy atom. The summed E-state index contributed by atoms with van der Waals surface area (Å²) in [6, 6.07) is 0. The lowest BCUT2D eigenvalue weighted by Gasteiger charge is -2.31. The Hall–Kier alpha value is -1.14. The standard InChI is InChI=1S/C17H28O6/c1-3-4-5-13-10-20-17(21-11-13)23-16(19)14-6-8-15(9-7-14)22-12(2)18/h13-15,17H,3-11H2,1-2H3. The van der Waals surface area contributed by atoms with E-state index in [0.29, 0.717) is 44.8 Å². The molecule has 1 saturated heterocycles. The molecule has 6 nitrogen and oxygen atoms in total. The fourth-order valence-electron chi connectivity index (χ4n) is 3.10. The number of carbonyl (C=O) groups excluding carboxylic acids is 2. The van der Waals surface area contributed by atoms with Crippen molar-refractivity contribution in [2.75, 3.05) is 13.2 Å². The molecule has 23 heavy (non-hydrogen) atoms. The summed E-state index contributed by atoms with van der Waals surface area (Å²) in [5.41, 5.74) is 0. The molecule has 1 aliphatic carbocycles. The monoisotopic (exact) mass is 328 g/mol. The second-order valence-corrected chi connectivity index (χ2v) is 6.48. The molecule has 0 bridgehead atoms. The predicted octanol–water partition coefficient (Wildman–Crippen LogP) is 2.79. The lowest BCUT2D eigenvalue weighted by Crippen LogP contribution is -2.37. The minimum atomic E-state index is -0.869. The van der Waals surface area contributed by atoms with Crippen LogP contribution in [0.3, 0.4) is 0 Å². The molecule has 0 aromatic rings. The Kier molecular flexibility index (Phi) is 7.30. The third-order valence-corrected chi connectivity index (χ3v) is 4.45. The first-order valence-electron chi connectivity index (χ1n) is 8.69. The van der Waals surface area contributed by atoms with Crippen LogP contribution in [-0.2, 0) is 28.5 Å². The van der Waals surface area contributed by atoms with E-state index in [9.17, 15) is 9.59 Å². The minimum absolute atomic E-state index is 0.0712. The van der Waals surface area contributed by atoms with Crippen molar-refractivity contribution in [3.8, 4) is 0 Å². The molecule has 2 rings (SSSR count). The molecule has 2 aliphatic rings. The van der Waals surface area contributed by atoms with Crippen molar-refractivity contribution in [1.82, 2.24) is 0 Å². The van der Waals surface area contributed by atoms with Gasteiger partial charge in [-0.2, -0.15) is 0 Å². The van der Waals surface area contributed by atoms with Crippen molar-refractivity contribution in [3.63, 3.8) is 0 Å². The van der Waals surface area contributed by atoms with Crippen LogP contribution in [0.25, 0.3) is 0 Å². The SMILES string of the molecule is CCCCC1COC(OC(=O)C2CCC(OC(C)=O)CC2)OC1. The van der Waals surface area contributed by atoms with Gasteiger partial charge in [-0.05, 0) is 32.1 Å². The topological polar surface area (TPSA) is 71.1 Å². The van der Waals surface area contributed by atoms with Gasteiger partial charge in [0.25, 0.3) is 0 Å². The maximum atomic E-state index is 12.2. The Morgan fingerprint density at radius 1 is 1.04 bits per heavy atom. The zero-order valence-electron chi connectivity index (χ0n) is 14.1. The van der Waals surface area contributed by atoms with Gasteiger partial charge in [-0.3, -0.25) is 9.59 Å². The molecule has 0 amide bonds. The molecule has 1 aliphatic heterocycles. The summed E-state index contributed by atoms with van der Waals surface area (Å²) in [4.78, 5) is 23.1. The number of ether oxygens (including phenoxy) is 4. The molecule has 0 radical (unpaired) electrons. The number of hydrogen-bond acceptors (Lipinski definition) is 6. The van der Waals surface area contributed by atoms with Crippen LogP contribution < -0.4 is 0 Å². The van der Waals surface area contributed by atoms with Gasteiger partial charge in [-0.15, -0.1) is 0 Å². The number of hydrogen-bond donors (Lipinski definition) is 0. The summed E-state index contributed by atoms with van der Waals surface area (Å²) >= 11 is 0. The highest BCUT2D eigenvalue weighted by atomic mass is 16.9. The van der Waals surface area contributed by atoms with E-state index in [4.69, 9.17) is 18.9 Å². The fraction of sp³-hybridized carbons (Fsp3) is 0.882. The van der Waals surface area contributed by atoms with Crippen molar-refractivity contribution >= 4 is 11.9 Å². The largest absolute Gasteiger partial charge is 0.463 e. The highest BCUT2D eigenvalue weighted by Gasteiger charge is 2.32. The van der Waals surface area contributed by atoms with Crippen LogP contribution in [0.1, 0.15) is 58.8 Å². The van der Waals surface area contributed by atoms with Crippen LogP contribution in [0.15, 0.2) is 0 Å². The van der Waals surface area contributed by atoms with Crippen LogP contribution in [0, 0.1) is 11.8 Å². The molecule has 1 saturated carbocycles. The molecule has 132 valence electrons. The smallest absolute Gasteiger partial charge is 0.318 e. The summed E-state index contributed by atoms with van der Waals surface area (Å²) in [5.74, 6) is -0.308. The van der Waals surface area contributed by atoms with Crippen molar-refractivity contribution in [2.24, 2.45) is 11.8 Å². The molecule has 1 heterocycles. The van der Waals surface area contributed by atoms with Crippen molar-refractivity contribution in [3.05, 3.63) is 0 Å². The summed E-state index contributed by atoms with van der Waals surface area (Å²) < 4.78 is 21.5. The maximum absolute atomic E-state index is 12.2. The summed E-state index contributed by atoms with van der Waals surface area (Å²) in [7, 11) is 0. The highest BCUT2D eigenvalue weighted by Crippen LogP contribution is 2.28. The summed E-state index contributed by atoms with van der Waals surface area (Å²) in [5, 5.41) is 0. The number of esters is 2. The second-order valence-electron chi connectivity index (χ2n) is 6.48. The van der Waals surface area contributed by atoms with Gasteiger partial charge in [0.15, 0.2) is 0 Å². The molecule has 0 N–H and O–H groups in total. The second kappa shape index (κ2) is 9.23. The van der Waals surface area contributed by atoms with Gasteiger partial charge in [0.2, 0.25) is 0 Å². The van der Waals surface area contributed by atoms with Gasteiger partial charge in [-0.1, -0.05) is 19.8 Å². The normalized spacial score (nSPS) is 31.4. The molecule has 0 aromatic heterocycles. The molecule has 2 fully saturated rings. The summed E-state index contributed by atoms with van der Waals surface area (Å²) in [6.45, 7) is 3.86. The van der Waals surface area contributed by atoms with Crippen molar-refractivity contribution < 1.29 is 28.5 Å². The lowest BCUT2D eigenvalue weighted by atomic mass is 9.87. The van der Waals surface area contributed by atoms with E-state index >= 15 is 0 Å². The molecular weight excluding hydrogens is 300 g/mol. The molecule has 0 spiro atoms.